The van der Waals surface area contributed by atoms with Crippen molar-refractivity contribution in [2.75, 3.05) is 27.4 Å². The summed E-state index contributed by atoms with van der Waals surface area (Å²) in [7, 11) is 3.23. The summed E-state index contributed by atoms with van der Waals surface area (Å²) in [6.45, 7) is 4.43. The molecular weight excluding hydrogens is 230 g/mol. The minimum absolute atomic E-state index is 0.0430. The van der Waals surface area contributed by atoms with Crippen molar-refractivity contribution in [3.05, 3.63) is 35.9 Å². The normalized spacial score (nSPS) is 24.1. The van der Waals surface area contributed by atoms with Crippen molar-refractivity contribution in [1.82, 2.24) is 4.90 Å². The van der Waals surface area contributed by atoms with Gasteiger partial charge in [-0.1, -0.05) is 30.3 Å². The van der Waals surface area contributed by atoms with Crippen LogP contribution < -0.4 is 0 Å². The van der Waals surface area contributed by atoms with E-state index in [4.69, 9.17) is 14.2 Å². The summed E-state index contributed by atoms with van der Waals surface area (Å²) in [6.07, 6.45) is 0. The van der Waals surface area contributed by atoms with Crippen molar-refractivity contribution < 1.29 is 14.2 Å². The molecule has 0 amide bonds. The van der Waals surface area contributed by atoms with Crippen molar-refractivity contribution >= 4 is 0 Å². The van der Waals surface area contributed by atoms with E-state index >= 15 is 0 Å². The molecule has 0 spiro atoms. The first kappa shape index (κ1) is 13.5. The molecule has 4 heteroatoms. The van der Waals surface area contributed by atoms with E-state index in [0.717, 1.165) is 13.1 Å². The lowest BCUT2D eigenvalue weighted by Crippen LogP contribution is -2.60. The number of benzene rings is 1. The number of hydrogen-bond acceptors (Lipinski definition) is 4. The molecule has 1 heterocycles. The standard InChI is InChI=1S/C14H21NO3/c1-12-14(16-2,17-3)18-10-9-15(12)11-13-7-5-4-6-8-13/h4-8,12H,9-11H2,1-3H3. The van der Waals surface area contributed by atoms with Crippen LogP contribution in [0.3, 0.4) is 0 Å². The lowest BCUT2D eigenvalue weighted by atomic mass is 10.1. The van der Waals surface area contributed by atoms with Crippen molar-refractivity contribution in [1.29, 1.82) is 0 Å². The Labute approximate surface area is 108 Å². The molecule has 4 nitrogen and oxygen atoms in total. The molecule has 1 unspecified atom stereocenters. The summed E-state index contributed by atoms with van der Waals surface area (Å²) in [5.41, 5.74) is 1.28. The number of methoxy groups -OCH3 is 2. The number of rotatable bonds is 4. The average molecular weight is 251 g/mol. The van der Waals surface area contributed by atoms with Crippen LogP contribution in [-0.4, -0.2) is 44.3 Å². The van der Waals surface area contributed by atoms with Gasteiger partial charge in [-0.25, -0.2) is 0 Å². The van der Waals surface area contributed by atoms with Gasteiger partial charge in [0, 0.05) is 27.3 Å². The fraction of sp³-hybridized carbons (Fsp3) is 0.571. The van der Waals surface area contributed by atoms with Gasteiger partial charge in [-0.3, -0.25) is 4.90 Å². The Morgan fingerprint density at radius 3 is 2.56 bits per heavy atom. The first-order chi connectivity index (χ1) is 8.72. The summed E-state index contributed by atoms with van der Waals surface area (Å²) in [4.78, 5) is 2.31. The number of nitrogens with zero attached hydrogens (tertiary/aromatic N) is 1. The molecule has 1 fully saturated rings. The van der Waals surface area contributed by atoms with Crippen LogP contribution in [0.15, 0.2) is 30.3 Å². The molecular formula is C14H21NO3. The van der Waals surface area contributed by atoms with E-state index in [1.165, 1.54) is 5.56 Å². The Bertz CT molecular complexity index is 365. The minimum Gasteiger partial charge on any atom is -0.330 e. The summed E-state index contributed by atoms with van der Waals surface area (Å²) < 4.78 is 16.5. The highest BCUT2D eigenvalue weighted by molar-refractivity contribution is 5.14. The van der Waals surface area contributed by atoms with Crippen molar-refractivity contribution in [2.24, 2.45) is 0 Å². The van der Waals surface area contributed by atoms with Crippen LogP contribution in [0.2, 0.25) is 0 Å². The molecule has 1 saturated heterocycles. The van der Waals surface area contributed by atoms with E-state index in [9.17, 15) is 0 Å². The quantitative estimate of drug-likeness (QED) is 0.764. The van der Waals surface area contributed by atoms with Crippen LogP contribution in [0.4, 0.5) is 0 Å². The SMILES string of the molecule is COC1(OC)OCCN(Cc2ccccc2)C1C. The monoisotopic (exact) mass is 251 g/mol. The Morgan fingerprint density at radius 1 is 1.28 bits per heavy atom. The van der Waals surface area contributed by atoms with E-state index in [1.807, 2.05) is 6.07 Å². The van der Waals surface area contributed by atoms with Gasteiger partial charge in [0.1, 0.15) is 0 Å². The highest BCUT2D eigenvalue weighted by Crippen LogP contribution is 2.27. The van der Waals surface area contributed by atoms with Crippen molar-refractivity contribution in [2.45, 2.75) is 25.5 Å². The fourth-order valence-electron chi connectivity index (χ4n) is 2.42. The maximum absolute atomic E-state index is 5.66. The molecule has 100 valence electrons. The molecule has 0 aliphatic carbocycles. The second-order valence-electron chi connectivity index (χ2n) is 4.49. The molecule has 18 heavy (non-hydrogen) atoms. The van der Waals surface area contributed by atoms with E-state index in [1.54, 1.807) is 14.2 Å². The average Bonchev–Trinajstić information content (AvgIpc) is 2.43. The first-order valence-electron chi connectivity index (χ1n) is 6.24. The summed E-state index contributed by atoms with van der Waals surface area (Å²) in [6, 6.07) is 10.4. The maximum atomic E-state index is 5.66. The number of ether oxygens (including phenoxy) is 3. The largest absolute Gasteiger partial charge is 0.330 e. The van der Waals surface area contributed by atoms with Gasteiger partial charge in [0.2, 0.25) is 0 Å². The van der Waals surface area contributed by atoms with Gasteiger partial charge in [-0.15, -0.1) is 0 Å². The fourth-order valence-corrected chi connectivity index (χ4v) is 2.42. The van der Waals surface area contributed by atoms with Gasteiger partial charge < -0.3 is 14.2 Å². The van der Waals surface area contributed by atoms with Gasteiger partial charge in [0.25, 0.3) is 5.97 Å². The molecule has 1 aromatic rings. The first-order valence-corrected chi connectivity index (χ1v) is 6.24. The van der Waals surface area contributed by atoms with Crippen LogP contribution in [0.5, 0.6) is 0 Å². The third-order valence-corrected chi connectivity index (χ3v) is 3.54. The molecule has 0 aromatic heterocycles. The molecule has 0 N–H and O–H groups in total. The molecule has 1 aliphatic heterocycles. The Morgan fingerprint density at radius 2 is 1.94 bits per heavy atom. The van der Waals surface area contributed by atoms with E-state index in [-0.39, 0.29) is 6.04 Å². The zero-order valence-corrected chi connectivity index (χ0v) is 11.3. The van der Waals surface area contributed by atoms with E-state index < -0.39 is 5.97 Å². The molecule has 0 radical (unpaired) electrons. The van der Waals surface area contributed by atoms with Crippen LogP contribution in [0.1, 0.15) is 12.5 Å². The third-order valence-electron chi connectivity index (χ3n) is 3.54. The van der Waals surface area contributed by atoms with Crippen molar-refractivity contribution in [3.8, 4) is 0 Å². The highest BCUT2D eigenvalue weighted by Gasteiger charge is 2.44. The smallest absolute Gasteiger partial charge is 0.298 e. The lowest BCUT2D eigenvalue weighted by Gasteiger charge is -2.45. The zero-order valence-electron chi connectivity index (χ0n) is 11.3. The molecule has 2 rings (SSSR count). The van der Waals surface area contributed by atoms with E-state index in [0.29, 0.717) is 6.61 Å². The maximum Gasteiger partial charge on any atom is 0.298 e. The highest BCUT2D eigenvalue weighted by atomic mass is 16.9. The lowest BCUT2D eigenvalue weighted by molar-refractivity contribution is -0.401. The molecule has 1 atom stereocenters. The van der Waals surface area contributed by atoms with Gasteiger partial charge in [-0.2, -0.15) is 0 Å². The third kappa shape index (κ3) is 2.57. The van der Waals surface area contributed by atoms with Gasteiger partial charge in [0.15, 0.2) is 0 Å². The predicted molar refractivity (Wildman–Crippen MR) is 69.0 cm³/mol. The van der Waals surface area contributed by atoms with E-state index in [2.05, 4.69) is 36.1 Å². The minimum atomic E-state index is -0.951. The summed E-state index contributed by atoms with van der Waals surface area (Å²) in [5.74, 6) is -0.951. The van der Waals surface area contributed by atoms with Crippen LogP contribution >= 0.6 is 0 Å². The Hall–Kier alpha value is -0.940. The summed E-state index contributed by atoms with van der Waals surface area (Å²) >= 11 is 0. The van der Waals surface area contributed by atoms with Crippen LogP contribution in [0, 0.1) is 0 Å². The van der Waals surface area contributed by atoms with Gasteiger partial charge in [-0.05, 0) is 12.5 Å². The predicted octanol–water partition coefficient (Wildman–Crippen LogP) is 1.85. The van der Waals surface area contributed by atoms with Crippen LogP contribution in [-0.2, 0) is 20.8 Å². The topological polar surface area (TPSA) is 30.9 Å². The van der Waals surface area contributed by atoms with Crippen LogP contribution in [0.25, 0.3) is 0 Å². The second kappa shape index (κ2) is 5.80. The van der Waals surface area contributed by atoms with Gasteiger partial charge in [0.05, 0.1) is 12.6 Å². The molecule has 1 aliphatic rings. The zero-order chi connectivity index (χ0) is 13.0. The summed E-state index contributed by atoms with van der Waals surface area (Å²) in [5, 5.41) is 0. The second-order valence-corrected chi connectivity index (χ2v) is 4.49. The number of morpholine rings is 1. The Kier molecular flexibility index (Phi) is 4.35. The van der Waals surface area contributed by atoms with Crippen molar-refractivity contribution in [3.63, 3.8) is 0 Å². The molecule has 0 saturated carbocycles. The molecule has 0 bridgehead atoms. The van der Waals surface area contributed by atoms with Gasteiger partial charge >= 0.3 is 0 Å². The number of hydrogen-bond donors (Lipinski definition) is 0. The molecule has 1 aromatic carbocycles. The Balaban J connectivity index is 2.09.